The number of thioether (sulfide) groups is 2. The predicted octanol–water partition coefficient (Wildman–Crippen LogP) is 0.473. The molecular weight excluding hydrogens is 414 g/mol. The Kier molecular flexibility index (Phi) is 7.19. The Morgan fingerprint density at radius 2 is 2.14 bits per heavy atom. The van der Waals surface area contributed by atoms with Crippen LogP contribution in [0.1, 0.15) is 26.7 Å². The lowest BCUT2D eigenvalue weighted by Gasteiger charge is -2.46. The Morgan fingerprint density at radius 3 is 2.76 bits per heavy atom. The molecule has 0 aromatic carbocycles. The third kappa shape index (κ3) is 4.45. The van der Waals surface area contributed by atoms with Crippen LogP contribution in [0.5, 0.6) is 0 Å². The van der Waals surface area contributed by atoms with Crippen LogP contribution in [0.25, 0.3) is 0 Å². The van der Waals surface area contributed by atoms with Crippen molar-refractivity contribution in [3.63, 3.8) is 0 Å². The lowest BCUT2D eigenvalue weighted by molar-refractivity contribution is -0.163. The summed E-state index contributed by atoms with van der Waals surface area (Å²) in [5, 5.41) is 26.0. The van der Waals surface area contributed by atoms with Gasteiger partial charge in [0.1, 0.15) is 5.70 Å². The van der Waals surface area contributed by atoms with Crippen molar-refractivity contribution in [3.05, 3.63) is 10.6 Å². The van der Waals surface area contributed by atoms with Gasteiger partial charge in [0.2, 0.25) is 11.8 Å². The van der Waals surface area contributed by atoms with E-state index in [1.165, 1.54) is 4.90 Å². The van der Waals surface area contributed by atoms with Crippen LogP contribution in [-0.4, -0.2) is 81.4 Å². The molecule has 0 aromatic heterocycles. The maximum Gasteiger partial charge on any atom is 0.353 e. The van der Waals surface area contributed by atoms with Crippen LogP contribution in [0.15, 0.2) is 10.6 Å². The Balaban J connectivity index is 1.58. The molecule has 6 atom stereocenters. The van der Waals surface area contributed by atoms with Crippen molar-refractivity contribution >= 4 is 41.3 Å². The van der Waals surface area contributed by atoms with Crippen LogP contribution in [0, 0.1) is 11.8 Å². The highest BCUT2D eigenvalue weighted by Gasteiger charge is 2.60. The first-order valence-corrected chi connectivity index (χ1v) is 12.0. The standard InChI is InChI=1S/C19H29N3O5S2/c1-9-15-14(10(2)23)18(25)22(15)16(19(26)27)17(9)29-12-6-11(21-7-12)8-28-5-4-13(24)20-3/h9-12,14-15,21,23H,4-8H2,1-3H3,(H,20,24)(H,26,27)/t9-,10-,11+,12+,14-,15?/m1/s1. The second kappa shape index (κ2) is 9.28. The number of carbonyl (C=O) groups is 3. The van der Waals surface area contributed by atoms with Gasteiger partial charge in [-0.25, -0.2) is 4.79 Å². The fourth-order valence-electron chi connectivity index (χ4n) is 4.37. The van der Waals surface area contributed by atoms with E-state index in [1.54, 1.807) is 37.5 Å². The zero-order valence-corrected chi connectivity index (χ0v) is 18.5. The summed E-state index contributed by atoms with van der Waals surface area (Å²) in [4.78, 5) is 37.7. The first-order valence-electron chi connectivity index (χ1n) is 9.93. The molecule has 1 unspecified atom stereocenters. The maximum atomic E-state index is 12.4. The van der Waals surface area contributed by atoms with Gasteiger partial charge in [-0.05, 0) is 13.3 Å². The van der Waals surface area contributed by atoms with Gasteiger partial charge in [0.05, 0.1) is 18.1 Å². The monoisotopic (exact) mass is 443 g/mol. The zero-order chi connectivity index (χ0) is 21.3. The average Bonchev–Trinajstić information content (AvgIpc) is 3.20. The molecule has 2 saturated heterocycles. The summed E-state index contributed by atoms with van der Waals surface area (Å²) in [7, 11) is 1.64. The number of aliphatic hydroxyl groups is 1. The number of fused-ring (bicyclic) bond motifs is 1. The average molecular weight is 444 g/mol. The molecule has 0 aliphatic carbocycles. The summed E-state index contributed by atoms with van der Waals surface area (Å²) < 4.78 is 0. The number of nitrogens with zero attached hydrogens (tertiary/aromatic N) is 1. The van der Waals surface area contributed by atoms with Crippen molar-refractivity contribution in [2.45, 2.75) is 50.1 Å². The van der Waals surface area contributed by atoms with Gasteiger partial charge in [-0.15, -0.1) is 11.8 Å². The Labute approximate surface area is 179 Å². The number of aliphatic hydroxyl groups excluding tert-OH is 1. The SMILES string of the molecule is CNC(=O)CCSC[C@@H]1C[C@H](SC2=C(C(=O)O)N3C(=O)[C@H]([C@@H](C)O)C3[C@H]2C)CN1. The largest absolute Gasteiger partial charge is 0.477 e. The molecule has 0 bridgehead atoms. The van der Waals surface area contributed by atoms with Crippen LogP contribution >= 0.6 is 23.5 Å². The molecule has 3 heterocycles. The Hall–Kier alpha value is -1.23. The molecule has 0 spiro atoms. The molecule has 0 aromatic rings. The second-order valence-corrected chi connectivity index (χ2v) is 10.3. The van der Waals surface area contributed by atoms with Crippen LogP contribution < -0.4 is 10.6 Å². The van der Waals surface area contributed by atoms with Gasteiger partial charge >= 0.3 is 5.97 Å². The van der Waals surface area contributed by atoms with Gasteiger partial charge in [-0.1, -0.05) is 6.92 Å². The molecule has 3 aliphatic heterocycles. The summed E-state index contributed by atoms with van der Waals surface area (Å²) in [6.07, 6.45) is 0.641. The topological polar surface area (TPSA) is 119 Å². The summed E-state index contributed by atoms with van der Waals surface area (Å²) in [6, 6.07) is 0.0678. The molecule has 4 N–H and O–H groups in total. The number of hydrogen-bond donors (Lipinski definition) is 4. The van der Waals surface area contributed by atoms with Crippen molar-refractivity contribution in [3.8, 4) is 0 Å². The molecule has 2 amide bonds. The van der Waals surface area contributed by atoms with Crippen LogP contribution in [0.2, 0.25) is 0 Å². The molecule has 162 valence electrons. The summed E-state index contributed by atoms with van der Waals surface area (Å²) >= 11 is 3.30. The predicted molar refractivity (Wildman–Crippen MR) is 113 cm³/mol. The highest BCUT2D eigenvalue weighted by molar-refractivity contribution is 8.03. The summed E-state index contributed by atoms with van der Waals surface area (Å²) in [5.74, 6) is -0.255. The highest BCUT2D eigenvalue weighted by Crippen LogP contribution is 2.51. The number of nitrogens with one attached hydrogen (secondary N) is 2. The molecule has 0 radical (unpaired) electrons. The first kappa shape index (κ1) is 22.5. The number of β-lactam (4-membered cyclic amide) rings is 1. The first-order chi connectivity index (χ1) is 13.8. The molecule has 3 aliphatic rings. The van der Waals surface area contributed by atoms with Gasteiger partial charge < -0.3 is 25.7 Å². The minimum Gasteiger partial charge on any atom is -0.477 e. The fraction of sp³-hybridized carbons (Fsp3) is 0.737. The van der Waals surface area contributed by atoms with E-state index in [0.29, 0.717) is 12.5 Å². The van der Waals surface area contributed by atoms with Crippen molar-refractivity contribution < 1.29 is 24.6 Å². The van der Waals surface area contributed by atoms with E-state index in [2.05, 4.69) is 10.6 Å². The third-order valence-corrected chi connectivity index (χ3v) is 8.50. The van der Waals surface area contributed by atoms with E-state index < -0.39 is 18.0 Å². The molecule has 29 heavy (non-hydrogen) atoms. The third-order valence-electron chi connectivity index (χ3n) is 5.86. The number of carboxylic acid groups (broad SMARTS) is 1. The minimum absolute atomic E-state index is 0.0448. The van der Waals surface area contributed by atoms with Crippen molar-refractivity contribution in [2.24, 2.45) is 11.8 Å². The van der Waals surface area contributed by atoms with Gasteiger partial charge in [0.25, 0.3) is 0 Å². The lowest BCUT2D eigenvalue weighted by Crippen LogP contribution is -2.63. The van der Waals surface area contributed by atoms with E-state index in [0.717, 1.165) is 29.4 Å². The number of rotatable bonds is 9. The number of aliphatic carboxylic acids is 1. The Bertz CT molecular complexity index is 714. The molecular formula is C19H29N3O5S2. The van der Waals surface area contributed by atoms with Crippen LogP contribution in [-0.2, 0) is 14.4 Å². The maximum absolute atomic E-state index is 12.4. The van der Waals surface area contributed by atoms with E-state index in [4.69, 9.17) is 0 Å². The van der Waals surface area contributed by atoms with Gasteiger partial charge in [-0.2, -0.15) is 11.8 Å². The normalized spacial score (nSPS) is 32.2. The fourth-order valence-corrected chi connectivity index (χ4v) is 6.93. The van der Waals surface area contributed by atoms with Crippen LogP contribution in [0.4, 0.5) is 0 Å². The molecule has 2 fully saturated rings. The molecule has 8 nitrogen and oxygen atoms in total. The second-order valence-electron chi connectivity index (χ2n) is 7.85. The number of hydrogen-bond acceptors (Lipinski definition) is 7. The number of carboxylic acids is 1. The number of carbonyl (C=O) groups excluding carboxylic acids is 2. The Morgan fingerprint density at radius 1 is 1.41 bits per heavy atom. The van der Waals surface area contributed by atoms with Gasteiger partial charge in [0, 0.05) is 53.6 Å². The molecule has 0 saturated carbocycles. The van der Waals surface area contributed by atoms with E-state index in [1.807, 2.05) is 6.92 Å². The molecule has 3 rings (SSSR count). The smallest absolute Gasteiger partial charge is 0.353 e. The molecule has 10 heteroatoms. The summed E-state index contributed by atoms with van der Waals surface area (Å²) in [5.41, 5.74) is 0.0952. The highest BCUT2D eigenvalue weighted by atomic mass is 32.2. The lowest BCUT2D eigenvalue weighted by atomic mass is 9.79. The minimum atomic E-state index is -1.08. The number of amides is 2. The van der Waals surface area contributed by atoms with Crippen molar-refractivity contribution in [1.82, 2.24) is 15.5 Å². The van der Waals surface area contributed by atoms with Gasteiger partial charge in [0.15, 0.2) is 0 Å². The zero-order valence-electron chi connectivity index (χ0n) is 16.9. The van der Waals surface area contributed by atoms with Crippen molar-refractivity contribution in [1.29, 1.82) is 0 Å². The quantitative estimate of drug-likeness (QED) is 0.300. The van der Waals surface area contributed by atoms with E-state index >= 15 is 0 Å². The van der Waals surface area contributed by atoms with Crippen LogP contribution in [0.3, 0.4) is 0 Å². The van der Waals surface area contributed by atoms with E-state index in [9.17, 15) is 24.6 Å². The van der Waals surface area contributed by atoms with Crippen molar-refractivity contribution in [2.75, 3.05) is 25.1 Å². The summed E-state index contributed by atoms with van der Waals surface area (Å²) in [6.45, 7) is 4.32. The van der Waals surface area contributed by atoms with E-state index in [-0.39, 0.29) is 34.7 Å². The van der Waals surface area contributed by atoms with Gasteiger partial charge in [-0.3, -0.25) is 9.59 Å².